The number of nitrogens with zero attached hydrogens (tertiary/aromatic N) is 4. The largest absolute Gasteiger partial charge is 0.509 e. The third kappa shape index (κ3) is 5.54. The fraction of sp³-hybridized carbons (Fsp3) is 0.538. The van der Waals surface area contributed by atoms with Gasteiger partial charge in [0.2, 0.25) is 11.8 Å². The van der Waals surface area contributed by atoms with E-state index in [0.717, 1.165) is 5.56 Å². The molecule has 0 radical (unpaired) electrons. The summed E-state index contributed by atoms with van der Waals surface area (Å²) in [6.45, 7) is 7.88. The predicted molar refractivity (Wildman–Crippen MR) is 148 cm³/mol. The predicted octanol–water partition coefficient (Wildman–Crippen LogP) is 4.98. The van der Waals surface area contributed by atoms with Gasteiger partial charge < -0.3 is 24.7 Å². The van der Waals surface area contributed by atoms with Crippen LogP contribution in [0.1, 0.15) is 52.0 Å². The van der Waals surface area contributed by atoms with Gasteiger partial charge in [-0.25, -0.2) is 14.3 Å². The molecule has 3 aliphatic rings. The Bertz CT molecular complexity index is 1560. The molecular formula is C26H31ClN5O9P. The second-order valence-electron chi connectivity index (χ2n) is 11.7. The standard InChI is InChI=1S/C26H31ClN5O9P/c1-25(2,3)12-35-21-18-20(30-23(28)31-21)29-13-32(18)22-26(4)19(39-24(33)40-26)17(38-22)11-37-42(34)36-9-8-16(41-42)14-6-5-7-15(27)10-14/h5-7,10,13,16-17,19,22H,8-9,11-12H2,1-4H3,(H2,28,30,31)/t16-,17+,19+,22+,26+,42+/m0/s1. The van der Waals surface area contributed by atoms with E-state index in [1.165, 1.54) is 6.33 Å². The molecule has 3 saturated heterocycles. The quantitative estimate of drug-likeness (QED) is 0.276. The lowest BCUT2D eigenvalue weighted by molar-refractivity contribution is -0.0925. The average Bonchev–Trinajstić information content (AvgIpc) is 3.54. The molecule has 6 atom stereocenters. The van der Waals surface area contributed by atoms with Crippen LogP contribution in [-0.2, 0) is 32.3 Å². The zero-order valence-corrected chi connectivity index (χ0v) is 25.0. The van der Waals surface area contributed by atoms with Crippen LogP contribution < -0.4 is 10.5 Å². The molecule has 16 heteroatoms. The maximum atomic E-state index is 13.5. The van der Waals surface area contributed by atoms with E-state index >= 15 is 0 Å². The lowest BCUT2D eigenvalue weighted by Crippen LogP contribution is -2.42. The number of nitrogens with two attached hydrogens (primary N) is 1. The number of ether oxygens (including phenoxy) is 4. The normalized spacial score (nSPS) is 31.1. The summed E-state index contributed by atoms with van der Waals surface area (Å²) < 4.78 is 55.4. The number of imidazole rings is 1. The first-order valence-corrected chi connectivity index (χ1v) is 15.2. The highest BCUT2D eigenvalue weighted by Crippen LogP contribution is 2.58. The summed E-state index contributed by atoms with van der Waals surface area (Å²) >= 11 is 6.12. The number of phosphoric ester groups is 1. The highest BCUT2D eigenvalue weighted by atomic mass is 35.5. The van der Waals surface area contributed by atoms with Crippen LogP contribution in [-0.4, -0.2) is 63.3 Å². The summed E-state index contributed by atoms with van der Waals surface area (Å²) in [5.74, 6) is 0.183. The molecule has 3 aromatic rings. The fourth-order valence-electron chi connectivity index (χ4n) is 5.13. The van der Waals surface area contributed by atoms with E-state index < -0.39 is 44.1 Å². The zero-order valence-electron chi connectivity index (χ0n) is 23.4. The number of halogens is 1. The van der Waals surface area contributed by atoms with Gasteiger partial charge in [0.05, 0.1) is 25.9 Å². The summed E-state index contributed by atoms with van der Waals surface area (Å²) in [7, 11) is -4.01. The first-order chi connectivity index (χ1) is 19.8. The Labute approximate surface area is 246 Å². The van der Waals surface area contributed by atoms with Crippen LogP contribution in [0.15, 0.2) is 30.6 Å². The van der Waals surface area contributed by atoms with E-state index in [1.807, 2.05) is 26.8 Å². The molecule has 0 amide bonds. The molecule has 2 aromatic heterocycles. The highest BCUT2D eigenvalue weighted by molar-refractivity contribution is 7.48. The Kier molecular flexibility index (Phi) is 7.35. The molecular weight excluding hydrogens is 593 g/mol. The van der Waals surface area contributed by atoms with Crippen LogP contribution in [0.4, 0.5) is 10.7 Å². The molecule has 5 heterocycles. The van der Waals surface area contributed by atoms with Gasteiger partial charge in [-0.15, -0.1) is 0 Å². The monoisotopic (exact) mass is 623 g/mol. The fourth-order valence-corrected chi connectivity index (χ4v) is 6.72. The number of anilines is 1. The van der Waals surface area contributed by atoms with E-state index in [0.29, 0.717) is 23.6 Å². The van der Waals surface area contributed by atoms with Crippen molar-refractivity contribution in [3.05, 3.63) is 41.2 Å². The number of rotatable bonds is 7. The summed E-state index contributed by atoms with van der Waals surface area (Å²) in [4.78, 5) is 25.2. The topological polar surface area (TPSA) is 168 Å². The van der Waals surface area contributed by atoms with Gasteiger partial charge in [0.25, 0.3) is 0 Å². The van der Waals surface area contributed by atoms with E-state index in [4.69, 9.17) is 49.9 Å². The lowest BCUT2D eigenvalue weighted by atomic mass is 9.96. The smallest absolute Gasteiger partial charge is 0.475 e. The second kappa shape index (κ2) is 10.6. The van der Waals surface area contributed by atoms with Crippen molar-refractivity contribution in [2.75, 3.05) is 25.6 Å². The molecule has 42 heavy (non-hydrogen) atoms. The molecule has 0 bridgehead atoms. The Morgan fingerprint density at radius 2 is 2.10 bits per heavy atom. The number of benzene rings is 1. The Morgan fingerprint density at radius 3 is 2.86 bits per heavy atom. The molecule has 2 N–H and O–H groups in total. The minimum Gasteiger partial charge on any atom is -0.475 e. The number of carbonyl (C=O) groups is 1. The van der Waals surface area contributed by atoms with E-state index in [-0.39, 0.29) is 36.1 Å². The first-order valence-electron chi connectivity index (χ1n) is 13.3. The third-order valence-electron chi connectivity index (χ3n) is 7.03. The number of aromatic nitrogens is 4. The van der Waals surface area contributed by atoms with Gasteiger partial charge in [-0.2, -0.15) is 9.97 Å². The molecule has 14 nitrogen and oxygen atoms in total. The van der Waals surface area contributed by atoms with Gasteiger partial charge in [-0.3, -0.25) is 18.1 Å². The number of carbonyl (C=O) groups excluding carboxylic acids is 1. The van der Waals surface area contributed by atoms with Crippen molar-refractivity contribution in [2.24, 2.45) is 5.41 Å². The third-order valence-corrected chi connectivity index (χ3v) is 8.75. The minimum absolute atomic E-state index is 0.0109. The van der Waals surface area contributed by atoms with Crippen molar-refractivity contribution in [2.45, 2.75) is 64.3 Å². The van der Waals surface area contributed by atoms with Crippen molar-refractivity contribution in [3.8, 4) is 5.88 Å². The van der Waals surface area contributed by atoms with Gasteiger partial charge in [0, 0.05) is 11.4 Å². The summed E-state index contributed by atoms with van der Waals surface area (Å²) in [6.07, 6.45) is -2.31. The van der Waals surface area contributed by atoms with Crippen LogP contribution in [0.3, 0.4) is 0 Å². The number of phosphoric acid groups is 1. The number of hydrogen-bond donors (Lipinski definition) is 1. The van der Waals surface area contributed by atoms with Gasteiger partial charge >= 0.3 is 14.0 Å². The Balaban J connectivity index is 1.25. The summed E-state index contributed by atoms with van der Waals surface area (Å²) in [5, 5.41) is 0.526. The molecule has 0 unspecified atom stereocenters. The van der Waals surface area contributed by atoms with Gasteiger partial charge in [-0.1, -0.05) is 44.5 Å². The molecule has 1 aromatic carbocycles. The molecule has 226 valence electrons. The van der Waals surface area contributed by atoms with Crippen LogP contribution >= 0.6 is 19.4 Å². The van der Waals surface area contributed by atoms with Crippen molar-refractivity contribution < 1.29 is 41.9 Å². The number of hydrogen-bond acceptors (Lipinski definition) is 13. The first kappa shape index (κ1) is 29.1. The molecule has 6 rings (SSSR count). The van der Waals surface area contributed by atoms with Crippen molar-refractivity contribution >= 4 is 42.7 Å². The number of nitrogen functional groups attached to an aromatic ring is 1. The Hall–Kier alpha value is -3.00. The van der Waals surface area contributed by atoms with Crippen LogP contribution in [0, 0.1) is 5.41 Å². The minimum atomic E-state index is -4.01. The van der Waals surface area contributed by atoms with Gasteiger partial charge in [-0.05, 0) is 30.0 Å². The summed E-state index contributed by atoms with van der Waals surface area (Å²) in [5.41, 5.74) is 5.80. The second-order valence-corrected chi connectivity index (χ2v) is 13.7. The van der Waals surface area contributed by atoms with Gasteiger partial charge in [0.1, 0.15) is 12.4 Å². The lowest BCUT2D eigenvalue weighted by Gasteiger charge is -2.30. The molecule has 0 spiro atoms. The maximum absolute atomic E-state index is 13.5. The molecule has 3 fully saturated rings. The van der Waals surface area contributed by atoms with Crippen LogP contribution in [0.2, 0.25) is 5.02 Å². The summed E-state index contributed by atoms with van der Waals surface area (Å²) in [6, 6.07) is 7.08. The van der Waals surface area contributed by atoms with Crippen molar-refractivity contribution in [3.63, 3.8) is 0 Å². The Morgan fingerprint density at radius 1 is 1.29 bits per heavy atom. The number of fused-ring (bicyclic) bond motifs is 2. The maximum Gasteiger partial charge on any atom is 0.509 e. The van der Waals surface area contributed by atoms with E-state index in [9.17, 15) is 9.36 Å². The molecule has 0 aliphatic carbocycles. The van der Waals surface area contributed by atoms with Gasteiger partial charge in [0.15, 0.2) is 29.1 Å². The molecule has 0 saturated carbocycles. The highest BCUT2D eigenvalue weighted by Gasteiger charge is 2.64. The van der Waals surface area contributed by atoms with Crippen molar-refractivity contribution in [1.82, 2.24) is 19.5 Å². The zero-order chi connectivity index (χ0) is 29.9. The average molecular weight is 624 g/mol. The van der Waals surface area contributed by atoms with Crippen LogP contribution in [0.5, 0.6) is 5.88 Å². The SMILES string of the molecule is CC(C)(C)COc1nc(N)nc2ncn([C@@H]3O[C@H](CO[P@@]4(=O)OCC[C@@H](c5cccc(Cl)c5)O4)[C@H]4OC(=O)O[C@]43C)c12. The molecule has 3 aliphatic heterocycles. The van der Waals surface area contributed by atoms with Crippen LogP contribution in [0.25, 0.3) is 11.2 Å². The van der Waals surface area contributed by atoms with Crippen molar-refractivity contribution in [1.29, 1.82) is 0 Å². The van der Waals surface area contributed by atoms with E-state index in [2.05, 4.69) is 15.0 Å². The van der Waals surface area contributed by atoms with E-state index in [1.54, 1.807) is 29.7 Å².